The molecule has 1 heterocycles. The Kier molecular flexibility index (Phi) is 5.89. The third-order valence-electron chi connectivity index (χ3n) is 9.73. The highest BCUT2D eigenvalue weighted by Gasteiger charge is 2.58. The van der Waals surface area contributed by atoms with Gasteiger partial charge in [-0.2, -0.15) is 0 Å². The Labute approximate surface area is 208 Å². The molecular formula is C29H38N2O4. The monoisotopic (exact) mass is 478 g/mol. The van der Waals surface area contributed by atoms with E-state index in [2.05, 4.69) is 0 Å². The van der Waals surface area contributed by atoms with E-state index in [1.807, 2.05) is 4.90 Å². The molecule has 6 fully saturated rings. The third-order valence-corrected chi connectivity index (χ3v) is 9.73. The van der Waals surface area contributed by atoms with Gasteiger partial charge in [-0.15, -0.1) is 0 Å². The Hall–Kier alpha value is -2.37. The van der Waals surface area contributed by atoms with E-state index in [0.717, 1.165) is 44.9 Å². The molecule has 0 spiro atoms. The third kappa shape index (κ3) is 3.97. The summed E-state index contributed by atoms with van der Waals surface area (Å²) in [6, 6.07) is 6.45. The second-order valence-corrected chi connectivity index (χ2v) is 12.0. The van der Waals surface area contributed by atoms with Crippen LogP contribution in [0.4, 0.5) is 5.69 Å². The van der Waals surface area contributed by atoms with Crippen LogP contribution in [0.3, 0.4) is 0 Å². The van der Waals surface area contributed by atoms with Crippen LogP contribution in [-0.2, 0) is 14.4 Å². The second-order valence-electron chi connectivity index (χ2n) is 12.0. The van der Waals surface area contributed by atoms with E-state index in [1.54, 1.807) is 31.4 Å². The lowest BCUT2D eigenvalue weighted by Crippen LogP contribution is -2.60. The number of nitrogens with zero attached hydrogens (tertiary/aromatic N) is 2. The summed E-state index contributed by atoms with van der Waals surface area (Å²) >= 11 is 0. The summed E-state index contributed by atoms with van der Waals surface area (Å²) in [6.07, 6.45) is 13.3. The fourth-order valence-corrected chi connectivity index (χ4v) is 8.58. The number of imide groups is 1. The molecule has 6 aliphatic rings. The lowest BCUT2D eigenvalue weighted by atomic mass is 9.49. The van der Waals surface area contributed by atoms with Crippen molar-refractivity contribution < 1.29 is 19.1 Å². The Bertz CT molecular complexity index is 959. The van der Waals surface area contributed by atoms with Crippen LogP contribution in [0.15, 0.2) is 24.3 Å². The number of ether oxygens (including phenoxy) is 1. The molecule has 5 aliphatic carbocycles. The van der Waals surface area contributed by atoms with Gasteiger partial charge in [-0.05, 0) is 93.4 Å². The highest BCUT2D eigenvalue weighted by molar-refractivity contribution is 6.23. The standard InChI is InChI=1S/C29H38N2O4/c1-35-24-10-8-23(9-11-24)31-26(32)15-25(27(31)33)30(22-6-4-2-3-5-7-22)28(34)29-16-19-12-20(17-29)14-21(13-19)18-29/h8-11,19-22,25H,2-7,12-18H2,1H3. The molecule has 1 atom stereocenters. The molecule has 1 aromatic carbocycles. The lowest BCUT2D eigenvalue weighted by molar-refractivity contribution is -0.164. The van der Waals surface area contributed by atoms with Gasteiger partial charge in [0.25, 0.3) is 5.91 Å². The first kappa shape index (κ1) is 23.1. The molecule has 0 aromatic heterocycles. The smallest absolute Gasteiger partial charge is 0.257 e. The largest absolute Gasteiger partial charge is 0.497 e. The van der Waals surface area contributed by atoms with E-state index in [0.29, 0.717) is 29.2 Å². The molecular weight excluding hydrogens is 440 g/mol. The summed E-state index contributed by atoms with van der Waals surface area (Å²) in [6.45, 7) is 0. The van der Waals surface area contributed by atoms with Gasteiger partial charge >= 0.3 is 0 Å². The number of carbonyl (C=O) groups excluding carboxylic acids is 3. The van der Waals surface area contributed by atoms with Gasteiger partial charge in [0.2, 0.25) is 11.8 Å². The second kappa shape index (κ2) is 8.94. The molecule has 4 bridgehead atoms. The first-order valence-corrected chi connectivity index (χ1v) is 13.8. The van der Waals surface area contributed by atoms with Crippen molar-refractivity contribution in [2.45, 2.75) is 95.6 Å². The van der Waals surface area contributed by atoms with Crippen LogP contribution in [0.25, 0.3) is 0 Å². The first-order chi connectivity index (χ1) is 17.0. The quantitative estimate of drug-likeness (QED) is 0.436. The Morgan fingerprint density at radius 2 is 1.49 bits per heavy atom. The maximum atomic E-state index is 14.6. The zero-order chi connectivity index (χ0) is 24.2. The van der Waals surface area contributed by atoms with E-state index in [4.69, 9.17) is 4.74 Å². The zero-order valence-electron chi connectivity index (χ0n) is 20.9. The summed E-state index contributed by atoms with van der Waals surface area (Å²) in [4.78, 5) is 44.9. The number of benzene rings is 1. The summed E-state index contributed by atoms with van der Waals surface area (Å²) in [5.74, 6) is 2.44. The van der Waals surface area contributed by atoms with Crippen LogP contribution >= 0.6 is 0 Å². The molecule has 188 valence electrons. The molecule has 6 heteroatoms. The molecule has 0 N–H and O–H groups in total. The summed E-state index contributed by atoms with van der Waals surface area (Å²) in [7, 11) is 1.60. The Balaban J connectivity index is 1.33. The molecule has 35 heavy (non-hydrogen) atoms. The minimum atomic E-state index is -0.673. The van der Waals surface area contributed by atoms with Crippen molar-refractivity contribution in [2.24, 2.45) is 23.2 Å². The topological polar surface area (TPSA) is 66.9 Å². The average molecular weight is 479 g/mol. The number of rotatable bonds is 5. The zero-order valence-corrected chi connectivity index (χ0v) is 20.9. The summed E-state index contributed by atoms with van der Waals surface area (Å²) in [5.41, 5.74) is 0.254. The molecule has 1 aromatic rings. The number of methoxy groups -OCH3 is 1. The molecule has 3 amide bonds. The van der Waals surface area contributed by atoms with Crippen molar-refractivity contribution in [1.29, 1.82) is 0 Å². The van der Waals surface area contributed by atoms with E-state index in [-0.39, 0.29) is 35.6 Å². The maximum Gasteiger partial charge on any atom is 0.257 e. The first-order valence-electron chi connectivity index (χ1n) is 13.8. The Morgan fingerprint density at radius 3 is 2.03 bits per heavy atom. The number of carbonyl (C=O) groups is 3. The SMILES string of the molecule is COc1ccc(N2C(=O)CC(N(C(=O)C34CC5CC(CC(C5)C3)C4)C3CCCCCC3)C2=O)cc1. The Morgan fingerprint density at radius 1 is 0.914 bits per heavy atom. The fourth-order valence-electron chi connectivity index (χ4n) is 8.58. The molecule has 1 unspecified atom stereocenters. The van der Waals surface area contributed by atoms with E-state index >= 15 is 0 Å². The average Bonchev–Trinajstić information content (AvgIpc) is 3.00. The van der Waals surface area contributed by atoms with Crippen molar-refractivity contribution in [2.75, 3.05) is 12.0 Å². The number of anilines is 1. The summed E-state index contributed by atoms with van der Waals surface area (Å²) < 4.78 is 5.24. The minimum absolute atomic E-state index is 0.0653. The van der Waals surface area contributed by atoms with Crippen molar-refractivity contribution in [1.82, 2.24) is 4.90 Å². The predicted octanol–water partition coefficient (Wildman–Crippen LogP) is 5.09. The van der Waals surface area contributed by atoms with Gasteiger partial charge in [-0.1, -0.05) is 25.7 Å². The number of amides is 3. The summed E-state index contributed by atoms with van der Waals surface area (Å²) in [5, 5.41) is 0. The van der Waals surface area contributed by atoms with Gasteiger partial charge in [0, 0.05) is 6.04 Å². The van der Waals surface area contributed by atoms with Crippen LogP contribution in [0.5, 0.6) is 5.75 Å². The molecule has 5 saturated carbocycles. The van der Waals surface area contributed by atoms with Gasteiger partial charge in [0.1, 0.15) is 11.8 Å². The van der Waals surface area contributed by atoms with E-state index < -0.39 is 6.04 Å². The van der Waals surface area contributed by atoms with Crippen LogP contribution < -0.4 is 9.64 Å². The normalized spacial score (nSPS) is 34.8. The maximum absolute atomic E-state index is 14.6. The van der Waals surface area contributed by atoms with Crippen molar-refractivity contribution in [3.63, 3.8) is 0 Å². The number of hydrogen-bond acceptors (Lipinski definition) is 4. The van der Waals surface area contributed by atoms with Gasteiger partial charge in [0.05, 0.1) is 24.6 Å². The van der Waals surface area contributed by atoms with Gasteiger partial charge < -0.3 is 9.64 Å². The molecule has 0 radical (unpaired) electrons. The van der Waals surface area contributed by atoms with Crippen LogP contribution in [0, 0.1) is 23.2 Å². The highest BCUT2D eigenvalue weighted by atomic mass is 16.5. The van der Waals surface area contributed by atoms with Crippen molar-refractivity contribution in [3.8, 4) is 5.75 Å². The molecule has 1 aliphatic heterocycles. The molecule has 1 saturated heterocycles. The fraction of sp³-hybridized carbons (Fsp3) is 0.690. The van der Waals surface area contributed by atoms with Crippen LogP contribution in [0.2, 0.25) is 0 Å². The van der Waals surface area contributed by atoms with Crippen molar-refractivity contribution in [3.05, 3.63) is 24.3 Å². The number of hydrogen-bond donors (Lipinski definition) is 0. The predicted molar refractivity (Wildman–Crippen MR) is 133 cm³/mol. The minimum Gasteiger partial charge on any atom is -0.497 e. The molecule has 6 nitrogen and oxygen atoms in total. The van der Waals surface area contributed by atoms with Gasteiger partial charge in [-0.25, -0.2) is 4.90 Å². The lowest BCUT2D eigenvalue weighted by Gasteiger charge is -2.57. The van der Waals surface area contributed by atoms with Crippen LogP contribution in [-0.4, -0.2) is 41.8 Å². The van der Waals surface area contributed by atoms with Gasteiger partial charge in [0.15, 0.2) is 0 Å². The van der Waals surface area contributed by atoms with Crippen LogP contribution in [0.1, 0.15) is 83.5 Å². The van der Waals surface area contributed by atoms with Crippen molar-refractivity contribution >= 4 is 23.4 Å². The van der Waals surface area contributed by atoms with E-state index in [9.17, 15) is 14.4 Å². The molecule has 7 rings (SSSR count). The van der Waals surface area contributed by atoms with E-state index in [1.165, 1.54) is 37.0 Å². The highest BCUT2D eigenvalue weighted by Crippen LogP contribution is 2.61. The van der Waals surface area contributed by atoms with Gasteiger partial charge in [-0.3, -0.25) is 14.4 Å².